The Morgan fingerprint density at radius 3 is 2.61 bits per heavy atom. The van der Waals surface area contributed by atoms with Gasteiger partial charge in [0.25, 0.3) is 0 Å². The summed E-state index contributed by atoms with van der Waals surface area (Å²) in [6.07, 6.45) is 3.54. The monoisotopic (exact) mass is 254 g/mol. The van der Waals surface area contributed by atoms with Gasteiger partial charge in [-0.2, -0.15) is 0 Å². The minimum Gasteiger partial charge on any atom is -0.469 e. The van der Waals surface area contributed by atoms with Crippen molar-refractivity contribution < 1.29 is 18.7 Å². The van der Waals surface area contributed by atoms with Gasteiger partial charge >= 0.3 is 5.97 Å². The lowest BCUT2D eigenvalue weighted by Gasteiger charge is -2.26. The Bertz CT molecular complexity index is 397. The van der Waals surface area contributed by atoms with Gasteiger partial charge in [-0.3, -0.25) is 4.79 Å². The van der Waals surface area contributed by atoms with Crippen LogP contribution >= 0.6 is 0 Å². The summed E-state index contributed by atoms with van der Waals surface area (Å²) in [6.45, 7) is 2.09. The molecule has 1 aliphatic carbocycles. The standard InChI is InChI=1S/C12H18N2O4/c1-8-13-14-11(18-8)7-17-10-5-3-9(4-6-10)12(15)16-2/h9-10H,3-7H2,1-2H3. The van der Waals surface area contributed by atoms with Gasteiger partial charge in [-0.25, -0.2) is 0 Å². The summed E-state index contributed by atoms with van der Waals surface area (Å²) in [5.41, 5.74) is 0. The molecule has 1 saturated carbocycles. The summed E-state index contributed by atoms with van der Waals surface area (Å²) in [5, 5.41) is 7.61. The molecule has 100 valence electrons. The van der Waals surface area contributed by atoms with Crippen LogP contribution in [0.2, 0.25) is 0 Å². The average Bonchev–Trinajstić information content (AvgIpc) is 2.82. The highest BCUT2D eigenvalue weighted by Crippen LogP contribution is 2.27. The second-order valence-corrected chi connectivity index (χ2v) is 4.52. The molecular weight excluding hydrogens is 236 g/mol. The van der Waals surface area contributed by atoms with E-state index < -0.39 is 0 Å². The van der Waals surface area contributed by atoms with Crippen LogP contribution in [0.3, 0.4) is 0 Å². The molecule has 0 amide bonds. The fourth-order valence-corrected chi connectivity index (χ4v) is 2.22. The Kier molecular flexibility index (Phi) is 4.30. The van der Waals surface area contributed by atoms with Gasteiger partial charge in [0, 0.05) is 6.92 Å². The van der Waals surface area contributed by atoms with Crippen LogP contribution in [0.1, 0.15) is 37.5 Å². The number of aromatic nitrogens is 2. The van der Waals surface area contributed by atoms with Gasteiger partial charge in [0.15, 0.2) is 0 Å². The van der Waals surface area contributed by atoms with E-state index in [4.69, 9.17) is 13.9 Å². The number of aryl methyl sites for hydroxylation is 1. The first-order chi connectivity index (χ1) is 8.69. The molecule has 0 aromatic carbocycles. The molecule has 0 radical (unpaired) electrons. The normalized spacial score (nSPS) is 23.9. The number of methoxy groups -OCH3 is 1. The van der Waals surface area contributed by atoms with Gasteiger partial charge in [-0.05, 0) is 25.7 Å². The second-order valence-electron chi connectivity index (χ2n) is 4.52. The van der Waals surface area contributed by atoms with Crippen molar-refractivity contribution in [3.05, 3.63) is 11.8 Å². The van der Waals surface area contributed by atoms with E-state index in [2.05, 4.69) is 10.2 Å². The largest absolute Gasteiger partial charge is 0.469 e. The number of rotatable bonds is 4. The first-order valence-corrected chi connectivity index (χ1v) is 6.17. The van der Waals surface area contributed by atoms with E-state index in [1.807, 2.05) is 0 Å². The van der Waals surface area contributed by atoms with Crippen molar-refractivity contribution in [2.24, 2.45) is 5.92 Å². The number of ether oxygens (including phenoxy) is 2. The van der Waals surface area contributed by atoms with Crippen LogP contribution in [0, 0.1) is 12.8 Å². The van der Waals surface area contributed by atoms with E-state index in [0.717, 1.165) is 25.7 Å². The molecule has 0 spiro atoms. The Labute approximate surface area is 106 Å². The van der Waals surface area contributed by atoms with Crippen molar-refractivity contribution in [2.45, 2.75) is 45.3 Å². The van der Waals surface area contributed by atoms with Crippen LogP contribution in [-0.4, -0.2) is 29.4 Å². The summed E-state index contributed by atoms with van der Waals surface area (Å²) in [5.74, 6) is 0.965. The molecule has 0 saturated heterocycles. The Hall–Kier alpha value is -1.43. The zero-order chi connectivity index (χ0) is 13.0. The summed E-state index contributed by atoms with van der Waals surface area (Å²) < 4.78 is 15.7. The first-order valence-electron chi connectivity index (χ1n) is 6.17. The van der Waals surface area contributed by atoms with Gasteiger partial charge in [0.1, 0.15) is 6.61 Å². The van der Waals surface area contributed by atoms with Crippen molar-refractivity contribution in [2.75, 3.05) is 7.11 Å². The first kappa shape index (κ1) is 13.0. The molecule has 2 rings (SSSR count). The highest BCUT2D eigenvalue weighted by molar-refractivity contribution is 5.72. The quantitative estimate of drug-likeness (QED) is 0.760. The third kappa shape index (κ3) is 3.29. The molecule has 6 heteroatoms. The number of carbonyl (C=O) groups is 1. The highest BCUT2D eigenvalue weighted by atomic mass is 16.5. The number of carbonyl (C=O) groups excluding carboxylic acids is 1. The van der Waals surface area contributed by atoms with E-state index in [-0.39, 0.29) is 18.0 Å². The number of hydrogen-bond acceptors (Lipinski definition) is 6. The molecule has 18 heavy (non-hydrogen) atoms. The van der Waals surface area contributed by atoms with Gasteiger partial charge in [0.05, 0.1) is 19.1 Å². The lowest BCUT2D eigenvalue weighted by atomic mass is 9.87. The highest BCUT2D eigenvalue weighted by Gasteiger charge is 2.27. The summed E-state index contributed by atoms with van der Waals surface area (Å²) in [7, 11) is 1.43. The molecule has 1 aromatic rings. The van der Waals surface area contributed by atoms with Crippen LogP contribution in [-0.2, 0) is 20.9 Å². The van der Waals surface area contributed by atoms with Crippen LogP contribution in [0.4, 0.5) is 0 Å². The number of nitrogens with zero attached hydrogens (tertiary/aromatic N) is 2. The number of hydrogen-bond donors (Lipinski definition) is 0. The maximum Gasteiger partial charge on any atom is 0.308 e. The Balaban J connectivity index is 1.72. The van der Waals surface area contributed by atoms with E-state index in [1.165, 1.54) is 7.11 Å². The van der Waals surface area contributed by atoms with Gasteiger partial charge in [-0.1, -0.05) is 0 Å². The lowest BCUT2D eigenvalue weighted by Crippen LogP contribution is -2.26. The molecular formula is C12H18N2O4. The predicted molar refractivity (Wildman–Crippen MR) is 61.6 cm³/mol. The Morgan fingerprint density at radius 1 is 1.33 bits per heavy atom. The third-order valence-corrected chi connectivity index (χ3v) is 3.22. The smallest absolute Gasteiger partial charge is 0.308 e. The van der Waals surface area contributed by atoms with E-state index >= 15 is 0 Å². The predicted octanol–water partition coefficient (Wildman–Crippen LogP) is 1.63. The van der Waals surface area contributed by atoms with E-state index in [0.29, 0.717) is 18.4 Å². The minimum absolute atomic E-state index is 0.0282. The van der Waals surface area contributed by atoms with Crippen LogP contribution in [0.5, 0.6) is 0 Å². The van der Waals surface area contributed by atoms with Crippen molar-refractivity contribution in [1.82, 2.24) is 10.2 Å². The SMILES string of the molecule is COC(=O)C1CCC(OCc2nnc(C)o2)CC1. The lowest BCUT2D eigenvalue weighted by molar-refractivity contribution is -0.147. The topological polar surface area (TPSA) is 74.5 Å². The molecule has 1 fully saturated rings. The van der Waals surface area contributed by atoms with Crippen molar-refractivity contribution in [3.8, 4) is 0 Å². The molecule has 1 aliphatic rings. The maximum atomic E-state index is 11.4. The molecule has 0 unspecified atom stereocenters. The summed E-state index contributed by atoms with van der Waals surface area (Å²) in [4.78, 5) is 11.4. The molecule has 1 aromatic heterocycles. The van der Waals surface area contributed by atoms with Gasteiger partial charge < -0.3 is 13.9 Å². The third-order valence-electron chi connectivity index (χ3n) is 3.22. The van der Waals surface area contributed by atoms with Crippen molar-refractivity contribution >= 4 is 5.97 Å². The Morgan fingerprint density at radius 2 is 2.06 bits per heavy atom. The van der Waals surface area contributed by atoms with Crippen LogP contribution in [0.25, 0.3) is 0 Å². The average molecular weight is 254 g/mol. The van der Waals surface area contributed by atoms with Crippen LogP contribution < -0.4 is 0 Å². The maximum absolute atomic E-state index is 11.4. The second kappa shape index (κ2) is 5.95. The summed E-state index contributed by atoms with van der Waals surface area (Å²) >= 11 is 0. The number of esters is 1. The van der Waals surface area contributed by atoms with Gasteiger partial charge in [-0.15, -0.1) is 10.2 Å². The minimum atomic E-state index is -0.110. The molecule has 0 bridgehead atoms. The molecule has 0 atom stereocenters. The molecule has 0 N–H and O–H groups in total. The van der Waals surface area contributed by atoms with Crippen molar-refractivity contribution in [1.29, 1.82) is 0 Å². The summed E-state index contributed by atoms with van der Waals surface area (Å²) in [6, 6.07) is 0. The van der Waals surface area contributed by atoms with Crippen molar-refractivity contribution in [3.63, 3.8) is 0 Å². The van der Waals surface area contributed by atoms with E-state index in [1.54, 1.807) is 6.92 Å². The van der Waals surface area contributed by atoms with Crippen LogP contribution in [0.15, 0.2) is 4.42 Å². The molecule has 1 heterocycles. The fourth-order valence-electron chi connectivity index (χ4n) is 2.22. The van der Waals surface area contributed by atoms with Gasteiger partial charge in [0.2, 0.25) is 11.8 Å². The zero-order valence-electron chi connectivity index (χ0n) is 10.7. The van der Waals surface area contributed by atoms with E-state index in [9.17, 15) is 4.79 Å². The molecule has 0 aliphatic heterocycles. The fraction of sp³-hybridized carbons (Fsp3) is 0.750. The zero-order valence-corrected chi connectivity index (χ0v) is 10.7. The molecule has 6 nitrogen and oxygen atoms in total.